The molecule has 2 aliphatic rings. The number of aryl methyl sites for hydroxylation is 1. The lowest BCUT2D eigenvalue weighted by atomic mass is 9.95. The van der Waals surface area contributed by atoms with Crippen LogP contribution in [0.25, 0.3) is 0 Å². The summed E-state index contributed by atoms with van der Waals surface area (Å²) in [6, 6.07) is 0. The van der Waals surface area contributed by atoms with Crippen molar-refractivity contribution in [2.24, 2.45) is 7.05 Å². The SMILES string of the molecule is CCCN1CCC(c2nnc3n2CCN(C(=O)c2nccn2C)C3)CC1. The third-order valence-corrected chi connectivity index (χ3v) is 5.57. The van der Waals surface area contributed by atoms with Crippen LogP contribution in [0.3, 0.4) is 0 Å². The second-order valence-corrected chi connectivity index (χ2v) is 7.33. The fraction of sp³-hybridized carbons (Fsp3) is 0.667. The molecule has 0 unspecified atom stereocenters. The molecular weight excluding hydrogens is 330 g/mol. The van der Waals surface area contributed by atoms with Crippen molar-refractivity contribution < 1.29 is 4.79 Å². The first-order valence-electron chi connectivity index (χ1n) is 9.58. The first kappa shape index (κ1) is 17.2. The average molecular weight is 357 g/mol. The van der Waals surface area contributed by atoms with Gasteiger partial charge in [0, 0.05) is 38.4 Å². The van der Waals surface area contributed by atoms with Gasteiger partial charge in [0.25, 0.3) is 5.91 Å². The second-order valence-electron chi connectivity index (χ2n) is 7.33. The summed E-state index contributed by atoms with van der Waals surface area (Å²) in [7, 11) is 1.84. The van der Waals surface area contributed by atoms with Crippen LogP contribution in [0, 0.1) is 0 Å². The minimum absolute atomic E-state index is 0.0406. The maximum Gasteiger partial charge on any atom is 0.290 e. The Morgan fingerprint density at radius 3 is 2.69 bits per heavy atom. The Balaban J connectivity index is 1.44. The Bertz CT molecular complexity index is 772. The number of likely N-dealkylation sites (tertiary alicyclic amines) is 1. The van der Waals surface area contributed by atoms with Crippen molar-refractivity contribution in [3.05, 3.63) is 29.9 Å². The third-order valence-electron chi connectivity index (χ3n) is 5.57. The summed E-state index contributed by atoms with van der Waals surface area (Å²) in [4.78, 5) is 21.2. The molecule has 1 fully saturated rings. The van der Waals surface area contributed by atoms with E-state index in [0.717, 1.165) is 44.1 Å². The van der Waals surface area contributed by atoms with Crippen molar-refractivity contribution in [3.8, 4) is 0 Å². The zero-order chi connectivity index (χ0) is 18.1. The van der Waals surface area contributed by atoms with Gasteiger partial charge in [0.2, 0.25) is 0 Å². The zero-order valence-electron chi connectivity index (χ0n) is 15.6. The summed E-state index contributed by atoms with van der Waals surface area (Å²) in [5.41, 5.74) is 0. The molecule has 4 heterocycles. The van der Waals surface area contributed by atoms with Crippen LogP contribution in [0.4, 0.5) is 0 Å². The molecule has 0 saturated carbocycles. The Kier molecular flexibility index (Phi) is 4.76. The van der Waals surface area contributed by atoms with E-state index in [9.17, 15) is 4.79 Å². The van der Waals surface area contributed by atoms with Crippen molar-refractivity contribution in [2.75, 3.05) is 26.2 Å². The molecule has 8 nitrogen and oxygen atoms in total. The van der Waals surface area contributed by atoms with Crippen LogP contribution in [0.15, 0.2) is 12.4 Å². The number of hydrogen-bond donors (Lipinski definition) is 0. The number of rotatable bonds is 4. The van der Waals surface area contributed by atoms with Crippen molar-refractivity contribution in [1.82, 2.24) is 34.1 Å². The summed E-state index contributed by atoms with van der Waals surface area (Å²) < 4.78 is 4.00. The van der Waals surface area contributed by atoms with E-state index in [-0.39, 0.29) is 5.91 Å². The quantitative estimate of drug-likeness (QED) is 0.824. The molecule has 0 bridgehead atoms. The van der Waals surface area contributed by atoms with Crippen LogP contribution < -0.4 is 0 Å². The van der Waals surface area contributed by atoms with Crippen LogP contribution in [-0.4, -0.2) is 66.2 Å². The zero-order valence-corrected chi connectivity index (χ0v) is 15.6. The van der Waals surface area contributed by atoms with E-state index in [2.05, 4.69) is 31.6 Å². The number of carbonyl (C=O) groups is 1. The van der Waals surface area contributed by atoms with Gasteiger partial charge in [-0.2, -0.15) is 0 Å². The average Bonchev–Trinajstić information content (AvgIpc) is 3.27. The van der Waals surface area contributed by atoms with Gasteiger partial charge in [-0.15, -0.1) is 10.2 Å². The smallest absolute Gasteiger partial charge is 0.290 e. The van der Waals surface area contributed by atoms with Gasteiger partial charge in [-0.1, -0.05) is 6.92 Å². The first-order valence-corrected chi connectivity index (χ1v) is 9.58. The normalized spacial score (nSPS) is 18.9. The molecule has 8 heteroatoms. The summed E-state index contributed by atoms with van der Waals surface area (Å²) in [6.45, 7) is 7.66. The van der Waals surface area contributed by atoms with Gasteiger partial charge < -0.3 is 18.9 Å². The molecule has 0 aromatic carbocycles. The molecule has 0 atom stereocenters. The summed E-state index contributed by atoms with van der Waals surface area (Å²) in [5, 5.41) is 8.90. The standard InChI is InChI=1S/C18H27N7O/c1-3-7-23-8-4-14(5-9-23)16-21-20-15-13-24(11-12-25(15)16)18(26)17-19-6-10-22(17)2/h6,10,14H,3-5,7-9,11-13H2,1-2H3. The van der Waals surface area contributed by atoms with Gasteiger partial charge in [-0.3, -0.25) is 4.79 Å². The molecule has 0 radical (unpaired) electrons. The van der Waals surface area contributed by atoms with Gasteiger partial charge in [-0.05, 0) is 38.9 Å². The molecule has 0 aliphatic carbocycles. The van der Waals surface area contributed by atoms with Crippen molar-refractivity contribution in [3.63, 3.8) is 0 Å². The van der Waals surface area contributed by atoms with E-state index in [1.54, 1.807) is 17.0 Å². The summed E-state index contributed by atoms with van der Waals surface area (Å²) in [5.74, 6) is 2.92. The topological polar surface area (TPSA) is 72.1 Å². The third kappa shape index (κ3) is 3.13. The molecule has 2 aromatic rings. The number of fused-ring (bicyclic) bond motifs is 1. The molecular formula is C18H27N7O. The van der Waals surface area contributed by atoms with Gasteiger partial charge in [0.15, 0.2) is 11.6 Å². The van der Waals surface area contributed by atoms with Crippen molar-refractivity contribution in [1.29, 1.82) is 0 Å². The maximum absolute atomic E-state index is 12.7. The molecule has 140 valence electrons. The van der Waals surface area contributed by atoms with E-state index >= 15 is 0 Å². The molecule has 1 amide bonds. The highest BCUT2D eigenvalue weighted by Crippen LogP contribution is 2.28. The van der Waals surface area contributed by atoms with E-state index in [1.807, 2.05) is 11.9 Å². The predicted molar refractivity (Wildman–Crippen MR) is 96.7 cm³/mol. The Morgan fingerprint density at radius 1 is 1.19 bits per heavy atom. The number of nitrogens with zero attached hydrogens (tertiary/aromatic N) is 7. The lowest BCUT2D eigenvalue weighted by Gasteiger charge is -2.32. The largest absolute Gasteiger partial charge is 0.330 e. The van der Waals surface area contributed by atoms with Crippen LogP contribution in [0.1, 0.15) is 54.4 Å². The number of imidazole rings is 1. The molecule has 26 heavy (non-hydrogen) atoms. The van der Waals surface area contributed by atoms with E-state index in [1.165, 1.54) is 13.0 Å². The monoisotopic (exact) mass is 357 g/mol. The van der Waals surface area contributed by atoms with Gasteiger partial charge in [-0.25, -0.2) is 4.98 Å². The Morgan fingerprint density at radius 2 is 2.00 bits per heavy atom. The minimum Gasteiger partial charge on any atom is -0.330 e. The molecule has 0 spiro atoms. The van der Waals surface area contributed by atoms with Gasteiger partial charge in [0.05, 0.1) is 6.54 Å². The van der Waals surface area contributed by atoms with Crippen LogP contribution >= 0.6 is 0 Å². The van der Waals surface area contributed by atoms with Crippen molar-refractivity contribution >= 4 is 5.91 Å². The number of hydrogen-bond acceptors (Lipinski definition) is 5. The summed E-state index contributed by atoms with van der Waals surface area (Å²) >= 11 is 0. The van der Waals surface area contributed by atoms with E-state index in [4.69, 9.17) is 0 Å². The highest BCUT2D eigenvalue weighted by Gasteiger charge is 2.30. The maximum atomic E-state index is 12.7. The van der Waals surface area contributed by atoms with E-state index < -0.39 is 0 Å². The van der Waals surface area contributed by atoms with Crippen LogP contribution in [0.2, 0.25) is 0 Å². The number of amides is 1. The predicted octanol–water partition coefficient (Wildman–Crippen LogP) is 1.26. The summed E-state index contributed by atoms with van der Waals surface area (Å²) in [6.07, 6.45) is 6.96. The highest BCUT2D eigenvalue weighted by molar-refractivity contribution is 5.90. The molecule has 1 saturated heterocycles. The van der Waals surface area contributed by atoms with Crippen molar-refractivity contribution in [2.45, 2.75) is 45.2 Å². The molecule has 2 aliphatic heterocycles. The van der Waals surface area contributed by atoms with Gasteiger partial charge in [0.1, 0.15) is 5.82 Å². The molecule has 0 N–H and O–H groups in total. The van der Waals surface area contributed by atoms with E-state index in [0.29, 0.717) is 24.8 Å². The molecule has 2 aromatic heterocycles. The number of aromatic nitrogens is 5. The minimum atomic E-state index is -0.0406. The lowest BCUT2D eigenvalue weighted by Crippen LogP contribution is -2.40. The fourth-order valence-electron chi connectivity index (χ4n) is 4.10. The second kappa shape index (κ2) is 7.19. The van der Waals surface area contributed by atoms with Crippen LogP contribution in [0.5, 0.6) is 0 Å². The molecule has 4 rings (SSSR count). The first-order chi connectivity index (χ1) is 12.7. The number of piperidine rings is 1. The number of carbonyl (C=O) groups excluding carboxylic acids is 1. The van der Waals surface area contributed by atoms with Gasteiger partial charge >= 0.3 is 0 Å². The fourth-order valence-corrected chi connectivity index (χ4v) is 4.10. The Hall–Kier alpha value is -2.22. The van der Waals surface area contributed by atoms with Crippen LogP contribution in [-0.2, 0) is 20.1 Å². The lowest BCUT2D eigenvalue weighted by molar-refractivity contribution is 0.0689. The highest BCUT2D eigenvalue weighted by atomic mass is 16.2. The Labute approximate surface area is 153 Å².